The van der Waals surface area contributed by atoms with E-state index < -0.39 is 15.1 Å². The van der Waals surface area contributed by atoms with Crippen LogP contribution in [0, 0.1) is 0 Å². The van der Waals surface area contributed by atoms with E-state index in [0.29, 0.717) is 24.0 Å². The third-order valence-electron chi connectivity index (χ3n) is 5.39. The molecule has 0 radical (unpaired) electrons. The monoisotopic (exact) mass is 454 g/mol. The van der Waals surface area contributed by atoms with Crippen molar-refractivity contribution in [2.75, 3.05) is 0 Å². The van der Waals surface area contributed by atoms with Crippen molar-refractivity contribution in [3.05, 3.63) is 48.8 Å². The van der Waals surface area contributed by atoms with Gasteiger partial charge in [0.15, 0.2) is 15.7 Å². The highest BCUT2D eigenvalue weighted by Crippen LogP contribution is 2.39. The Morgan fingerprint density at radius 3 is 2.55 bits per heavy atom. The maximum atomic E-state index is 13.3. The third-order valence-corrected chi connectivity index (χ3v) is 8.61. The lowest BCUT2D eigenvalue weighted by atomic mass is 9.97. The molecular weight excluding hydrogens is 434 g/mol. The zero-order valence-electron chi connectivity index (χ0n) is 16.9. The van der Waals surface area contributed by atoms with Crippen molar-refractivity contribution in [1.29, 1.82) is 0 Å². The van der Waals surface area contributed by atoms with Crippen molar-refractivity contribution in [2.24, 2.45) is 0 Å². The molecule has 8 nitrogen and oxygen atoms in total. The van der Waals surface area contributed by atoms with E-state index in [-0.39, 0.29) is 27.3 Å². The number of rotatable bonds is 7. The number of hydrogen-bond acceptors (Lipinski definition) is 7. The molecule has 0 bridgehead atoms. The molecule has 31 heavy (non-hydrogen) atoms. The lowest BCUT2D eigenvalue weighted by Gasteiger charge is -2.15. The molecule has 4 aromatic rings. The maximum Gasteiger partial charge on any atom is 0.507 e. The van der Waals surface area contributed by atoms with E-state index in [0.717, 1.165) is 16.3 Å². The number of sulfone groups is 1. The maximum absolute atomic E-state index is 13.3. The Bertz CT molecular complexity index is 1350. The van der Waals surface area contributed by atoms with Crippen molar-refractivity contribution in [3.8, 4) is 22.5 Å². The Morgan fingerprint density at radius 2 is 1.87 bits per heavy atom. The van der Waals surface area contributed by atoms with Gasteiger partial charge in [-0.3, -0.25) is 4.98 Å². The highest BCUT2D eigenvalue weighted by molar-refractivity contribution is 7.92. The predicted molar refractivity (Wildman–Crippen MR) is 118 cm³/mol. The SMILES string of the molecule is CCC(CC)S(=O)(=O)c1ccc(-c2ccc3ccncc3c2)c(-c2nnn[nH]2)c1[S+]=O. The molecule has 10 heteroatoms. The molecule has 158 valence electrons. The average Bonchev–Trinajstić information content (AvgIpc) is 3.33. The Kier molecular flexibility index (Phi) is 5.84. The van der Waals surface area contributed by atoms with Crippen LogP contribution < -0.4 is 0 Å². The summed E-state index contributed by atoms with van der Waals surface area (Å²) in [6, 6.07) is 10.9. The molecule has 0 unspecified atom stereocenters. The fourth-order valence-corrected chi connectivity index (χ4v) is 6.52. The molecule has 0 amide bonds. The van der Waals surface area contributed by atoms with Gasteiger partial charge in [-0.2, -0.15) is 0 Å². The second-order valence-corrected chi connectivity index (χ2v) is 9.84. The van der Waals surface area contributed by atoms with E-state index in [2.05, 4.69) is 25.6 Å². The first-order valence-corrected chi connectivity index (χ1v) is 12.1. The van der Waals surface area contributed by atoms with E-state index in [1.54, 1.807) is 18.5 Å². The van der Waals surface area contributed by atoms with Crippen molar-refractivity contribution in [3.63, 3.8) is 0 Å². The fourth-order valence-electron chi connectivity index (χ4n) is 3.77. The minimum absolute atomic E-state index is 0.0128. The molecule has 0 saturated heterocycles. The van der Waals surface area contributed by atoms with Crippen LogP contribution in [0.25, 0.3) is 33.3 Å². The van der Waals surface area contributed by atoms with Gasteiger partial charge in [-0.25, -0.2) is 13.5 Å². The van der Waals surface area contributed by atoms with Gasteiger partial charge in [0, 0.05) is 22.0 Å². The van der Waals surface area contributed by atoms with Crippen molar-refractivity contribution in [2.45, 2.75) is 41.7 Å². The van der Waals surface area contributed by atoms with Gasteiger partial charge in [-0.1, -0.05) is 32.0 Å². The van der Waals surface area contributed by atoms with E-state index in [4.69, 9.17) is 0 Å². The van der Waals surface area contributed by atoms with Crippen LogP contribution in [0.15, 0.2) is 58.6 Å². The number of nitrogens with one attached hydrogen (secondary N) is 1. The van der Waals surface area contributed by atoms with E-state index >= 15 is 0 Å². The lowest BCUT2D eigenvalue weighted by molar-refractivity contribution is 0.568. The van der Waals surface area contributed by atoms with Gasteiger partial charge in [-0.05, 0) is 58.0 Å². The number of H-pyrrole nitrogens is 1. The molecule has 0 spiro atoms. The highest BCUT2D eigenvalue weighted by atomic mass is 32.2. The fraction of sp³-hybridized carbons (Fsp3) is 0.238. The summed E-state index contributed by atoms with van der Waals surface area (Å²) in [7, 11) is -3.70. The molecule has 0 fully saturated rings. The summed E-state index contributed by atoms with van der Waals surface area (Å²) in [5.74, 6) is 0.237. The second-order valence-electron chi connectivity index (χ2n) is 7.07. The van der Waals surface area contributed by atoms with Gasteiger partial charge >= 0.3 is 16.6 Å². The second kappa shape index (κ2) is 8.56. The highest BCUT2D eigenvalue weighted by Gasteiger charge is 2.37. The molecule has 0 aliphatic rings. The molecular formula is C21H20N5O3S2+. The first kappa shape index (κ1) is 21.1. The summed E-state index contributed by atoms with van der Waals surface area (Å²) in [6.45, 7) is 3.66. The number of hydrogen-bond donors (Lipinski definition) is 1. The molecule has 2 aromatic carbocycles. The smallest absolute Gasteiger partial charge is 0.264 e. The zero-order chi connectivity index (χ0) is 22.0. The van der Waals surface area contributed by atoms with Gasteiger partial charge < -0.3 is 0 Å². The summed E-state index contributed by atoms with van der Waals surface area (Å²) in [4.78, 5) is 4.27. The first-order valence-electron chi connectivity index (χ1n) is 9.80. The Hall–Kier alpha value is -3.11. The van der Waals surface area contributed by atoms with Crippen LogP contribution in [0.5, 0.6) is 0 Å². The molecule has 4 rings (SSSR count). The Morgan fingerprint density at radius 1 is 1.06 bits per heavy atom. The molecule has 1 N–H and O–H groups in total. The summed E-state index contributed by atoms with van der Waals surface area (Å²) < 4.78 is 38.9. The molecule has 0 saturated carbocycles. The Balaban J connectivity index is 2.02. The molecule has 0 atom stereocenters. The third kappa shape index (κ3) is 3.72. The summed E-state index contributed by atoms with van der Waals surface area (Å²) in [6.07, 6.45) is 4.39. The standard InChI is InChI=1S/C21H20N5O3S2/c1-3-16(4-2)31(28,29)18-8-7-17(19(20(18)30-27)21-23-25-26-24-21)14-6-5-13-9-10-22-12-15(13)11-14/h5-12,16H,3-4H2,1-2H3,(H,23,24,25,26)/q+1. The number of fused-ring (bicyclic) bond motifs is 1. The van der Waals surface area contributed by atoms with E-state index in [9.17, 15) is 12.6 Å². The normalized spacial score (nSPS) is 11.8. The number of tetrazole rings is 1. The van der Waals surface area contributed by atoms with Crippen molar-refractivity contribution < 1.29 is 12.6 Å². The van der Waals surface area contributed by atoms with E-state index in [1.807, 2.05) is 38.1 Å². The van der Waals surface area contributed by atoms with Crippen LogP contribution in [0.4, 0.5) is 0 Å². The van der Waals surface area contributed by atoms with Crippen LogP contribution in [-0.4, -0.2) is 39.3 Å². The number of aromatic amines is 1. The molecule has 2 aromatic heterocycles. The molecule has 0 aliphatic carbocycles. The van der Waals surface area contributed by atoms with Crippen LogP contribution in [0.2, 0.25) is 0 Å². The van der Waals surface area contributed by atoms with Crippen molar-refractivity contribution in [1.82, 2.24) is 25.6 Å². The first-order chi connectivity index (χ1) is 15.0. The van der Waals surface area contributed by atoms with Gasteiger partial charge in [0.05, 0.1) is 5.25 Å². The number of benzene rings is 2. The summed E-state index contributed by atoms with van der Waals surface area (Å²) in [5.41, 5.74) is 1.83. The number of pyridine rings is 1. The van der Waals surface area contributed by atoms with Crippen LogP contribution >= 0.6 is 0 Å². The van der Waals surface area contributed by atoms with Crippen LogP contribution in [-0.2, 0) is 25.7 Å². The lowest BCUT2D eigenvalue weighted by Crippen LogP contribution is -2.21. The summed E-state index contributed by atoms with van der Waals surface area (Å²) in [5, 5.41) is 15.3. The zero-order valence-corrected chi connectivity index (χ0v) is 18.6. The van der Waals surface area contributed by atoms with Gasteiger partial charge in [0.1, 0.15) is 10.5 Å². The molecule has 2 heterocycles. The van der Waals surface area contributed by atoms with Gasteiger partial charge in [0.2, 0.25) is 0 Å². The van der Waals surface area contributed by atoms with Crippen LogP contribution in [0.1, 0.15) is 26.7 Å². The minimum Gasteiger partial charge on any atom is -0.264 e. The average molecular weight is 455 g/mol. The number of nitrogens with zero attached hydrogens (tertiary/aromatic N) is 4. The quantitative estimate of drug-likeness (QED) is 0.422. The largest absolute Gasteiger partial charge is 0.507 e. The Labute approximate surface area is 183 Å². The minimum atomic E-state index is -3.70. The number of aromatic nitrogens is 5. The topological polar surface area (TPSA) is 119 Å². The van der Waals surface area contributed by atoms with Crippen LogP contribution in [0.3, 0.4) is 0 Å². The molecule has 0 aliphatic heterocycles. The van der Waals surface area contributed by atoms with Crippen molar-refractivity contribution >= 4 is 32.3 Å². The summed E-state index contributed by atoms with van der Waals surface area (Å²) >= 11 is 0.141. The predicted octanol–water partition coefficient (Wildman–Crippen LogP) is 3.83. The van der Waals surface area contributed by atoms with E-state index in [1.165, 1.54) is 6.07 Å². The van der Waals surface area contributed by atoms with Gasteiger partial charge in [-0.15, -0.1) is 5.10 Å². The van der Waals surface area contributed by atoms with Gasteiger partial charge in [0.25, 0.3) is 0 Å².